The highest BCUT2D eigenvalue weighted by molar-refractivity contribution is 5.67. The molecule has 6 heteroatoms. The Bertz CT molecular complexity index is 326. The Morgan fingerprint density at radius 2 is 1.84 bits per heavy atom. The van der Waals surface area contributed by atoms with Crippen LogP contribution in [0.4, 0.5) is 13.2 Å². The maximum atomic E-state index is 13.1. The van der Waals surface area contributed by atoms with Crippen LogP contribution in [-0.4, -0.2) is 40.8 Å². The van der Waals surface area contributed by atoms with Crippen molar-refractivity contribution in [2.24, 2.45) is 5.92 Å². The highest BCUT2D eigenvalue weighted by Crippen LogP contribution is 2.40. The van der Waals surface area contributed by atoms with Gasteiger partial charge in [-0.25, -0.2) is 0 Å². The zero-order valence-electron chi connectivity index (χ0n) is 10.8. The summed E-state index contributed by atoms with van der Waals surface area (Å²) in [5, 5.41) is 8.73. The highest BCUT2D eigenvalue weighted by Gasteiger charge is 2.49. The van der Waals surface area contributed by atoms with Crippen LogP contribution in [0.3, 0.4) is 0 Å². The van der Waals surface area contributed by atoms with Crippen LogP contribution in [0.2, 0.25) is 0 Å². The van der Waals surface area contributed by atoms with Gasteiger partial charge in [-0.05, 0) is 38.1 Å². The van der Waals surface area contributed by atoms with E-state index in [9.17, 15) is 18.0 Å². The Kier molecular flexibility index (Phi) is 4.38. The molecule has 0 aromatic rings. The Morgan fingerprint density at radius 3 is 2.37 bits per heavy atom. The molecule has 19 heavy (non-hydrogen) atoms. The summed E-state index contributed by atoms with van der Waals surface area (Å²) in [7, 11) is 0. The van der Waals surface area contributed by atoms with Crippen LogP contribution in [0.15, 0.2) is 0 Å². The molecule has 2 aliphatic rings. The molecule has 2 atom stereocenters. The first-order valence-corrected chi connectivity index (χ1v) is 6.94. The van der Waals surface area contributed by atoms with Crippen LogP contribution < -0.4 is 0 Å². The second-order valence-corrected chi connectivity index (χ2v) is 5.65. The zero-order valence-corrected chi connectivity index (χ0v) is 10.8. The van der Waals surface area contributed by atoms with Crippen molar-refractivity contribution in [1.29, 1.82) is 0 Å². The molecule has 0 aromatic heterocycles. The van der Waals surface area contributed by atoms with Gasteiger partial charge < -0.3 is 5.11 Å². The summed E-state index contributed by atoms with van der Waals surface area (Å²) in [6, 6.07) is -1.90. The van der Waals surface area contributed by atoms with Gasteiger partial charge in [0.05, 0.1) is 6.42 Å². The fraction of sp³-hybridized carbons (Fsp3) is 0.923. The topological polar surface area (TPSA) is 40.5 Å². The summed E-state index contributed by atoms with van der Waals surface area (Å²) < 4.78 is 39.3. The number of carbonyl (C=O) groups is 1. The van der Waals surface area contributed by atoms with E-state index in [1.165, 1.54) is 4.90 Å². The molecule has 1 N–H and O–H groups in total. The number of hydrogen-bond acceptors (Lipinski definition) is 2. The molecule has 0 aromatic carbocycles. The number of carboxylic acids is 1. The third kappa shape index (κ3) is 3.41. The summed E-state index contributed by atoms with van der Waals surface area (Å²) in [6.45, 7) is 0.374. The number of likely N-dealkylation sites (tertiary alicyclic amines) is 1. The molecule has 1 heterocycles. The molecule has 0 bridgehead atoms. The maximum Gasteiger partial charge on any atom is 0.404 e. The van der Waals surface area contributed by atoms with E-state index in [0.717, 1.165) is 38.5 Å². The Morgan fingerprint density at radius 1 is 1.21 bits per heavy atom. The van der Waals surface area contributed by atoms with Gasteiger partial charge in [0, 0.05) is 6.04 Å². The second-order valence-electron chi connectivity index (χ2n) is 5.65. The average Bonchev–Trinajstić information content (AvgIpc) is 2.94. The van der Waals surface area contributed by atoms with E-state index in [1.807, 2.05) is 0 Å². The number of hydrogen-bond donors (Lipinski definition) is 1. The fourth-order valence-electron chi connectivity index (χ4n) is 3.64. The molecular weight excluding hydrogens is 259 g/mol. The second kappa shape index (κ2) is 5.69. The first-order chi connectivity index (χ1) is 8.89. The molecule has 0 spiro atoms. The number of aliphatic carboxylic acids is 1. The van der Waals surface area contributed by atoms with E-state index in [0.29, 0.717) is 12.5 Å². The largest absolute Gasteiger partial charge is 0.481 e. The van der Waals surface area contributed by atoms with Gasteiger partial charge in [-0.2, -0.15) is 13.2 Å². The normalized spacial score (nSPS) is 27.8. The quantitative estimate of drug-likeness (QED) is 0.860. The van der Waals surface area contributed by atoms with E-state index in [4.69, 9.17) is 5.11 Å². The minimum atomic E-state index is -4.46. The summed E-state index contributed by atoms with van der Waals surface area (Å²) in [6.07, 6.45) is 0.364. The minimum absolute atomic E-state index is 0.0755. The number of carboxylic acid groups (broad SMARTS) is 1. The molecule has 0 radical (unpaired) electrons. The van der Waals surface area contributed by atoms with Crippen molar-refractivity contribution in [3.05, 3.63) is 0 Å². The minimum Gasteiger partial charge on any atom is -0.481 e. The maximum absolute atomic E-state index is 13.1. The molecule has 110 valence electrons. The van der Waals surface area contributed by atoms with Gasteiger partial charge in [0.1, 0.15) is 6.04 Å². The summed E-state index contributed by atoms with van der Waals surface area (Å²) in [5.41, 5.74) is 0. The Labute approximate surface area is 110 Å². The van der Waals surface area contributed by atoms with Crippen molar-refractivity contribution >= 4 is 5.97 Å². The van der Waals surface area contributed by atoms with Crippen LogP contribution in [-0.2, 0) is 4.79 Å². The summed E-state index contributed by atoms with van der Waals surface area (Å²) in [4.78, 5) is 12.1. The monoisotopic (exact) mass is 279 g/mol. The van der Waals surface area contributed by atoms with Gasteiger partial charge in [0.2, 0.25) is 0 Å². The van der Waals surface area contributed by atoms with Crippen molar-refractivity contribution < 1.29 is 23.1 Å². The number of halogens is 3. The van der Waals surface area contributed by atoms with Crippen molar-refractivity contribution in [3.63, 3.8) is 0 Å². The number of alkyl halides is 3. The molecule has 1 saturated carbocycles. The molecule has 1 saturated heterocycles. The highest BCUT2D eigenvalue weighted by atomic mass is 19.4. The molecule has 1 aliphatic carbocycles. The first kappa shape index (κ1) is 14.6. The lowest BCUT2D eigenvalue weighted by Crippen LogP contribution is -2.50. The predicted molar refractivity (Wildman–Crippen MR) is 63.8 cm³/mol. The van der Waals surface area contributed by atoms with Crippen molar-refractivity contribution in [2.75, 3.05) is 6.54 Å². The lowest BCUT2D eigenvalue weighted by molar-refractivity contribution is -0.194. The van der Waals surface area contributed by atoms with Gasteiger partial charge in [-0.15, -0.1) is 0 Å². The third-order valence-corrected chi connectivity index (χ3v) is 4.43. The number of nitrogens with zero attached hydrogens (tertiary/aromatic N) is 1. The van der Waals surface area contributed by atoms with Crippen molar-refractivity contribution in [2.45, 2.75) is 63.2 Å². The van der Waals surface area contributed by atoms with E-state index in [-0.39, 0.29) is 6.04 Å². The number of rotatable bonds is 4. The van der Waals surface area contributed by atoms with Crippen molar-refractivity contribution in [3.8, 4) is 0 Å². The predicted octanol–water partition coefficient (Wildman–Crippen LogP) is 3.05. The van der Waals surface area contributed by atoms with Crippen LogP contribution in [0.5, 0.6) is 0 Å². The smallest absolute Gasteiger partial charge is 0.404 e. The van der Waals surface area contributed by atoms with Gasteiger partial charge >= 0.3 is 12.1 Å². The van der Waals surface area contributed by atoms with E-state index in [1.54, 1.807) is 0 Å². The zero-order chi connectivity index (χ0) is 14.0. The Hall–Kier alpha value is -0.780. The van der Waals surface area contributed by atoms with E-state index in [2.05, 4.69) is 0 Å². The lowest BCUT2D eigenvalue weighted by Gasteiger charge is -2.36. The molecule has 3 nitrogen and oxygen atoms in total. The molecule has 0 amide bonds. The Balaban J connectivity index is 2.12. The summed E-state index contributed by atoms with van der Waals surface area (Å²) >= 11 is 0. The standard InChI is InChI=1S/C13H20F3NO2/c14-13(15,16)11(8-12(18)19)17-7-3-6-10(17)9-4-1-2-5-9/h9-11H,1-8H2,(H,18,19). The van der Waals surface area contributed by atoms with Gasteiger partial charge in [0.15, 0.2) is 0 Å². The van der Waals surface area contributed by atoms with Gasteiger partial charge in [-0.1, -0.05) is 12.8 Å². The van der Waals surface area contributed by atoms with Crippen LogP contribution in [0.25, 0.3) is 0 Å². The summed E-state index contributed by atoms with van der Waals surface area (Å²) in [5.74, 6) is -1.06. The SMILES string of the molecule is O=C(O)CC(N1CCCC1C1CCCC1)C(F)(F)F. The van der Waals surface area contributed by atoms with Gasteiger partial charge in [0.25, 0.3) is 0 Å². The third-order valence-electron chi connectivity index (χ3n) is 4.43. The molecule has 1 aliphatic heterocycles. The van der Waals surface area contributed by atoms with Crippen LogP contribution in [0, 0.1) is 5.92 Å². The van der Waals surface area contributed by atoms with Gasteiger partial charge in [-0.3, -0.25) is 9.69 Å². The van der Waals surface area contributed by atoms with Crippen LogP contribution in [0.1, 0.15) is 44.9 Å². The van der Waals surface area contributed by atoms with E-state index >= 15 is 0 Å². The van der Waals surface area contributed by atoms with E-state index < -0.39 is 24.6 Å². The molecule has 2 rings (SSSR count). The van der Waals surface area contributed by atoms with Crippen molar-refractivity contribution in [1.82, 2.24) is 4.90 Å². The lowest BCUT2D eigenvalue weighted by atomic mass is 9.94. The molecular formula is C13H20F3NO2. The first-order valence-electron chi connectivity index (χ1n) is 6.94. The average molecular weight is 279 g/mol. The molecule has 2 fully saturated rings. The molecule has 2 unspecified atom stereocenters. The fourth-order valence-corrected chi connectivity index (χ4v) is 3.64. The van der Waals surface area contributed by atoms with Crippen LogP contribution >= 0.6 is 0 Å².